The van der Waals surface area contributed by atoms with Gasteiger partial charge in [0.25, 0.3) is 0 Å². The fourth-order valence-electron chi connectivity index (χ4n) is 0.931. The Labute approximate surface area is 81.3 Å². The number of rotatable bonds is 5. The first kappa shape index (κ1) is 12.5. The highest BCUT2D eigenvalue weighted by molar-refractivity contribution is 5.03. The fraction of sp³-hybridized carbons (Fsp3) is 0.818. The Balaban J connectivity index is 3.75. The minimum atomic E-state index is -0.598. The molecule has 0 aliphatic carbocycles. The van der Waals surface area contributed by atoms with Gasteiger partial charge in [-0.1, -0.05) is 25.7 Å². The molecule has 0 saturated carbocycles. The van der Waals surface area contributed by atoms with Crippen LogP contribution in [0.15, 0.2) is 0 Å². The quantitative estimate of drug-likeness (QED) is 0.523. The first-order chi connectivity index (χ1) is 6.18. The first-order valence-corrected chi connectivity index (χ1v) is 4.94. The van der Waals surface area contributed by atoms with E-state index in [1.807, 2.05) is 20.8 Å². The summed E-state index contributed by atoms with van der Waals surface area (Å²) in [5, 5.41) is 9.84. The second-order valence-corrected chi connectivity index (χ2v) is 3.10. The third-order valence-electron chi connectivity index (χ3n) is 2.24. The average molecular weight is 184 g/mol. The molecule has 1 N–H and O–H groups in total. The molecule has 0 aromatic heterocycles. The molecule has 0 radical (unpaired) electrons. The Bertz CT molecular complexity index is 172. The van der Waals surface area contributed by atoms with Crippen LogP contribution in [0.5, 0.6) is 0 Å². The normalized spacial score (nSPS) is 10.8. The zero-order valence-electron chi connectivity index (χ0n) is 8.89. The molecular formula is C11H20O2. The van der Waals surface area contributed by atoms with Gasteiger partial charge in [-0.3, -0.25) is 0 Å². The summed E-state index contributed by atoms with van der Waals surface area (Å²) >= 11 is 0. The Morgan fingerprint density at radius 2 is 1.77 bits per heavy atom. The molecule has 0 heterocycles. The Morgan fingerprint density at radius 3 is 2.23 bits per heavy atom. The Morgan fingerprint density at radius 1 is 1.15 bits per heavy atom. The summed E-state index contributed by atoms with van der Waals surface area (Å²) in [6.45, 7) is 7.07. The highest BCUT2D eigenvalue weighted by Crippen LogP contribution is 2.17. The van der Waals surface area contributed by atoms with E-state index in [0.717, 1.165) is 12.8 Å². The van der Waals surface area contributed by atoms with Gasteiger partial charge in [0.15, 0.2) is 0 Å². The number of aliphatic hydroxyl groups is 1. The fourth-order valence-corrected chi connectivity index (χ4v) is 0.931. The van der Waals surface area contributed by atoms with Crippen molar-refractivity contribution in [2.75, 3.05) is 13.2 Å². The van der Waals surface area contributed by atoms with E-state index in [2.05, 4.69) is 11.8 Å². The maximum Gasteiger partial charge on any atom is 0.107 e. The van der Waals surface area contributed by atoms with E-state index in [1.54, 1.807) is 0 Å². The molecule has 2 heteroatoms. The van der Waals surface area contributed by atoms with Crippen molar-refractivity contribution >= 4 is 0 Å². The number of hydrogen-bond acceptors (Lipinski definition) is 2. The average Bonchev–Trinajstić information content (AvgIpc) is 2.17. The molecule has 0 aromatic carbocycles. The van der Waals surface area contributed by atoms with Crippen molar-refractivity contribution < 1.29 is 9.84 Å². The Kier molecular flexibility index (Phi) is 6.66. The van der Waals surface area contributed by atoms with Crippen molar-refractivity contribution in [2.45, 2.75) is 45.6 Å². The second kappa shape index (κ2) is 6.94. The number of ether oxygens (including phenoxy) is 1. The van der Waals surface area contributed by atoms with Gasteiger partial charge >= 0.3 is 0 Å². The van der Waals surface area contributed by atoms with Gasteiger partial charge in [0, 0.05) is 13.0 Å². The van der Waals surface area contributed by atoms with Gasteiger partial charge in [-0.05, 0) is 19.8 Å². The van der Waals surface area contributed by atoms with Gasteiger partial charge in [0.05, 0.1) is 5.60 Å². The maximum absolute atomic E-state index is 9.84. The van der Waals surface area contributed by atoms with Crippen LogP contribution >= 0.6 is 0 Å². The summed E-state index contributed by atoms with van der Waals surface area (Å²) in [6.07, 6.45) is 2.06. The van der Waals surface area contributed by atoms with Crippen LogP contribution in [-0.2, 0) is 4.74 Å². The summed E-state index contributed by atoms with van der Waals surface area (Å²) in [7, 11) is 0. The van der Waals surface area contributed by atoms with Gasteiger partial charge < -0.3 is 9.84 Å². The van der Waals surface area contributed by atoms with E-state index in [1.165, 1.54) is 0 Å². The molecule has 13 heavy (non-hydrogen) atoms. The van der Waals surface area contributed by atoms with Crippen LogP contribution in [-0.4, -0.2) is 23.9 Å². The van der Waals surface area contributed by atoms with E-state index in [9.17, 15) is 5.11 Å². The van der Waals surface area contributed by atoms with Crippen LogP contribution < -0.4 is 0 Å². The van der Waals surface area contributed by atoms with Crippen molar-refractivity contribution in [3.63, 3.8) is 0 Å². The molecule has 0 aliphatic rings. The predicted octanol–water partition coefficient (Wildman–Crippen LogP) is 1.97. The summed E-state index contributed by atoms with van der Waals surface area (Å²) in [5.41, 5.74) is -0.598. The minimum Gasteiger partial charge on any atom is -0.389 e. The zero-order valence-corrected chi connectivity index (χ0v) is 8.89. The molecule has 0 aromatic rings. The third kappa shape index (κ3) is 5.68. The van der Waals surface area contributed by atoms with E-state index in [4.69, 9.17) is 4.74 Å². The molecule has 0 fully saturated rings. The van der Waals surface area contributed by atoms with Crippen LogP contribution in [0, 0.1) is 11.8 Å². The standard InChI is InChI=1S/C11H20O2/c1-4-11(12,5-2)9-7-8-10-13-6-3/h12H,4-6,9-10H2,1-3H3. The molecule has 0 bridgehead atoms. The SMILES string of the molecule is CCOCC#CCC(O)(CC)CC. The summed E-state index contributed by atoms with van der Waals surface area (Å²) < 4.78 is 5.06. The molecule has 0 saturated heterocycles. The van der Waals surface area contributed by atoms with Crippen LogP contribution in [0.3, 0.4) is 0 Å². The highest BCUT2D eigenvalue weighted by Gasteiger charge is 2.19. The minimum absolute atomic E-state index is 0.472. The topological polar surface area (TPSA) is 29.5 Å². The van der Waals surface area contributed by atoms with Crippen LogP contribution in [0.4, 0.5) is 0 Å². The van der Waals surface area contributed by atoms with Crippen LogP contribution in [0.1, 0.15) is 40.0 Å². The van der Waals surface area contributed by atoms with E-state index in [-0.39, 0.29) is 0 Å². The Hall–Kier alpha value is -0.520. The molecule has 0 unspecified atom stereocenters. The van der Waals surface area contributed by atoms with Crippen molar-refractivity contribution in [2.24, 2.45) is 0 Å². The lowest BCUT2D eigenvalue weighted by atomic mass is 9.94. The second-order valence-electron chi connectivity index (χ2n) is 3.10. The summed E-state index contributed by atoms with van der Waals surface area (Å²) in [6, 6.07) is 0. The van der Waals surface area contributed by atoms with E-state index in [0.29, 0.717) is 19.6 Å². The van der Waals surface area contributed by atoms with Gasteiger partial charge in [-0.15, -0.1) is 0 Å². The summed E-state index contributed by atoms with van der Waals surface area (Å²) in [4.78, 5) is 0. The monoisotopic (exact) mass is 184 g/mol. The first-order valence-electron chi connectivity index (χ1n) is 4.94. The predicted molar refractivity (Wildman–Crippen MR) is 54.4 cm³/mol. The lowest BCUT2D eigenvalue weighted by Gasteiger charge is -2.21. The molecule has 2 nitrogen and oxygen atoms in total. The molecular weight excluding hydrogens is 164 g/mol. The molecule has 0 spiro atoms. The van der Waals surface area contributed by atoms with E-state index < -0.39 is 5.60 Å². The van der Waals surface area contributed by atoms with Gasteiger partial charge in [0.1, 0.15) is 6.61 Å². The lowest BCUT2D eigenvalue weighted by Crippen LogP contribution is -2.25. The third-order valence-corrected chi connectivity index (χ3v) is 2.24. The highest BCUT2D eigenvalue weighted by atomic mass is 16.5. The smallest absolute Gasteiger partial charge is 0.107 e. The zero-order chi connectivity index (χ0) is 10.2. The van der Waals surface area contributed by atoms with Crippen molar-refractivity contribution in [1.82, 2.24) is 0 Å². The molecule has 76 valence electrons. The van der Waals surface area contributed by atoms with Gasteiger partial charge in [0.2, 0.25) is 0 Å². The summed E-state index contributed by atoms with van der Waals surface area (Å²) in [5.74, 6) is 5.82. The largest absolute Gasteiger partial charge is 0.389 e. The van der Waals surface area contributed by atoms with Crippen molar-refractivity contribution in [1.29, 1.82) is 0 Å². The molecule has 0 amide bonds. The van der Waals surface area contributed by atoms with Gasteiger partial charge in [-0.25, -0.2) is 0 Å². The number of hydrogen-bond donors (Lipinski definition) is 1. The van der Waals surface area contributed by atoms with Crippen LogP contribution in [0.2, 0.25) is 0 Å². The van der Waals surface area contributed by atoms with Crippen molar-refractivity contribution in [3.05, 3.63) is 0 Å². The molecule has 0 aliphatic heterocycles. The van der Waals surface area contributed by atoms with Gasteiger partial charge in [-0.2, -0.15) is 0 Å². The molecule has 0 atom stereocenters. The lowest BCUT2D eigenvalue weighted by molar-refractivity contribution is 0.0374. The maximum atomic E-state index is 9.84. The molecule has 0 rings (SSSR count). The van der Waals surface area contributed by atoms with Crippen LogP contribution in [0.25, 0.3) is 0 Å². The van der Waals surface area contributed by atoms with E-state index >= 15 is 0 Å². The van der Waals surface area contributed by atoms with Crippen molar-refractivity contribution in [3.8, 4) is 11.8 Å².